The molecule has 0 heterocycles. The van der Waals surface area contributed by atoms with Crippen LogP contribution in [0.2, 0.25) is 15.1 Å². The van der Waals surface area contributed by atoms with Crippen molar-refractivity contribution in [2.75, 3.05) is 17.1 Å². The molecule has 3 aromatic rings. The number of nitrogens with one attached hydrogen (secondary N) is 1. The smallest absolute Gasteiger partial charge is 0.243 e. The number of carbonyl (C=O) groups is 2. The number of anilines is 1. The van der Waals surface area contributed by atoms with E-state index in [9.17, 15) is 18.0 Å². The van der Waals surface area contributed by atoms with E-state index >= 15 is 0 Å². The van der Waals surface area contributed by atoms with Crippen molar-refractivity contribution < 1.29 is 18.0 Å². The van der Waals surface area contributed by atoms with Crippen LogP contribution >= 0.6 is 34.8 Å². The zero-order valence-corrected chi connectivity index (χ0v) is 28.1. The van der Waals surface area contributed by atoms with Crippen LogP contribution in [0.3, 0.4) is 0 Å². The summed E-state index contributed by atoms with van der Waals surface area (Å²) in [6, 6.07) is 18.8. The van der Waals surface area contributed by atoms with Crippen LogP contribution in [0.1, 0.15) is 50.3 Å². The van der Waals surface area contributed by atoms with Gasteiger partial charge in [-0.2, -0.15) is 0 Å². The Kier molecular flexibility index (Phi) is 11.9. The predicted molar refractivity (Wildman–Crippen MR) is 176 cm³/mol. The van der Waals surface area contributed by atoms with Crippen molar-refractivity contribution in [3.63, 3.8) is 0 Å². The van der Waals surface area contributed by atoms with E-state index < -0.39 is 21.6 Å². The summed E-state index contributed by atoms with van der Waals surface area (Å²) in [6.45, 7) is 7.61. The van der Waals surface area contributed by atoms with Crippen molar-refractivity contribution in [2.45, 2.75) is 65.1 Å². The SMILES string of the molecule is Cc1ccc(Cl)cc1N(CCCC(=O)N(Cc1ccc(Cl)c(Cl)c1)[C@H](Cc1ccccc1)C(=O)NC(C)(C)C)S(C)(=O)=O. The molecule has 2 amide bonds. The van der Waals surface area contributed by atoms with Gasteiger partial charge >= 0.3 is 0 Å². The highest BCUT2D eigenvalue weighted by atomic mass is 35.5. The fraction of sp³-hybridized carbons (Fsp3) is 0.375. The average molecular weight is 667 g/mol. The number of amides is 2. The lowest BCUT2D eigenvalue weighted by atomic mass is 10.00. The van der Waals surface area contributed by atoms with Gasteiger partial charge in [0.25, 0.3) is 0 Å². The molecule has 0 saturated heterocycles. The van der Waals surface area contributed by atoms with Crippen molar-refractivity contribution in [3.8, 4) is 0 Å². The van der Waals surface area contributed by atoms with Gasteiger partial charge < -0.3 is 10.2 Å². The first-order chi connectivity index (χ1) is 20.0. The number of hydrogen-bond donors (Lipinski definition) is 1. The molecule has 0 unspecified atom stereocenters. The van der Waals surface area contributed by atoms with Gasteiger partial charge in [-0.3, -0.25) is 13.9 Å². The van der Waals surface area contributed by atoms with Crippen molar-refractivity contribution in [1.82, 2.24) is 10.2 Å². The zero-order chi connectivity index (χ0) is 31.9. The third-order valence-electron chi connectivity index (χ3n) is 6.70. The second-order valence-corrected chi connectivity index (χ2v) is 14.7. The maximum atomic E-state index is 14.0. The zero-order valence-electron chi connectivity index (χ0n) is 25.0. The van der Waals surface area contributed by atoms with Gasteiger partial charge in [-0.1, -0.05) is 77.3 Å². The van der Waals surface area contributed by atoms with Crippen molar-refractivity contribution in [3.05, 3.63) is 98.5 Å². The summed E-state index contributed by atoms with van der Waals surface area (Å²) in [6.07, 6.45) is 1.63. The van der Waals surface area contributed by atoms with Crippen LogP contribution in [0.25, 0.3) is 0 Å². The monoisotopic (exact) mass is 665 g/mol. The van der Waals surface area contributed by atoms with Crippen molar-refractivity contribution >= 4 is 62.3 Å². The normalized spacial score (nSPS) is 12.5. The van der Waals surface area contributed by atoms with Gasteiger partial charge in [-0.15, -0.1) is 0 Å². The molecule has 0 saturated carbocycles. The van der Waals surface area contributed by atoms with E-state index in [0.717, 1.165) is 17.4 Å². The standard InChI is InChI=1S/C32H38Cl3N3O4S/c1-22-13-15-25(33)20-28(22)38(43(5,41)42)17-9-12-30(39)37(21-24-14-16-26(34)27(35)18-24)29(31(40)36-32(2,3)4)19-23-10-7-6-8-11-23/h6-8,10-11,13-16,18,20,29H,9,12,17,19,21H2,1-5H3,(H,36,40)/t29-/m1/s1. The molecule has 3 rings (SSSR count). The van der Waals surface area contributed by atoms with E-state index in [1.165, 1.54) is 4.31 Å². The van der Waals surface area contributed by atoms with Crippen LogP contribution in [0.4, 0.5) is 5.69 Å². The van der Waals surface area contributed by atoms with E-state index in [1.807, 2.05) is 51.1 Å². The molecule has 0 radical (unpaired) electrons. The Labute approximate surface area is 270 Å². The first-order valence-corrected chi connectivity index (χ1v) is 16.9. The maximum absolute atomic E-state index is 14.0. The number of hydrogen-bond acceptors (Lipinski definition) is 4. The Hall–Kier alpha value is -2.78. The summed E-state index contributed by atoms with van der Waals surface area (Å²) in [5, 5.41) is 4.16. The molecule has 11 heteroatoms. The Bertz CT molecular complexity index is 1540. The van der Waals surface area contributed by atoms with Crippen LogP contribution < -0.4 is 9.62 Å². The number of benzene rings is 3. The minimum Gasteiger partial charge on any atom is -0.350 e. The minimum atomic E-state index is -3.67. The Morgan fingerprint density at radius 3 is 2.19 bits per heavy atom. The summed E-state index contributed by atoms with van der Waals surface area (Å²) < 4.78 is 26.8. The molecule has 7 nitrogen and oxygen atoms in total. The third kappa shape index (κ3) is 10.4. The number of sulfonamides is 1. The molecule has 0 aromatic heterocycles. The lowest BCUT2D eigenvalue weighted by molar-refractivity contribution is -0.142. The second-order valence-electron chi connectivity index (χ2n) is 11.6. The summed E-state index contributed by atoms with van der Waals surface area (Å²) in [5.41, 5.74) is 2.26. The fourth-order valence-electron chi connectivity index (χ4n) is 4.68. The lowest BCUT2D eigenvalue weighted by Crippen LogP contribution is -2.54. The van der Waals surface area contributed by atoms with Crippen LogP contribution in [0.5, 0.6) is 0 Å². The number of nitrogens with zero attached hydrogens (tertiary/aromatic N) is 2. The van der Waals surface area contributed by atoms with Crippen molar-refractivity contribution in [2.24, 2.45) is 0 Å². The highest BCUT2D eigenvalue weighted by Crippen LogP contribution is 2.28. The van der Waals surface area contributed by atoms with Crippen LogP contribution in [0, 0.1) is 6.92 Å². The summed E-state index contributed by atoms with van der Waals surface area (Å²) in [4.78, 5) is 29.3. The molecule has 1 atom stereocenters. The number of halogens is 3. The Morgan fingerprint density at radius 2 is 1.58 bits per heavy atom. The van der Waals surface area contributed by atoms with Gasteiger partial charge in [0, 0.05) is 36.5 Å². The molecule has 0 bridgehead atoms. The van der Waals surface area contributed by atoms with E-state index in [-0.39, 0.29) is 44.2 Å². The highest BCUT2D eigenvalue weighted by Gasteiger charge is 2.32. The molecule has 0 fully saturated rings. The quantitative estimate of drug-likeness (QED) is 0.224. The van der Waals surface area contributed by atoms with Crippen LogP contribution in [0.15, 0.2) is 66.7 Å². The van der Waals surface area contributed by atoms with Crippen LogP contribution in [-0.2, 0) is 32.6 Å². The first kappa shape index (κ1) is 34.7. The second kappa shape index (κ2) is 14.8. The number of carbonyl (C=O) groups excluding carboxylic acids is 2. The molecule has 0 aliphatic carbocycles. The molecule has 43 heavy (non-hydrogen) atoms. The van der Waals surface area contributed by atoms with Gasteiger partial charge in [-0.05, 0) is 75.1 Å². The van der Waals surface area contributed by atoms with E-state index in [4.69, 9.17) is 34.8 Å². The van der Waals surface area contributed by atoms with E-state index in [0.29, 0.717) is 26.3 Å². The molecular formula is C32H38Cl3N3O4S. The van der Waals surface area contributed by atoms with Crippen LogP contribution in [-0.4, -0.2) is 49.5 Å². The Balaban J connectivity index is 1.94. The molecular weight excluding hydrogens is 629 g/mol. The number of aryl methyl sites for hydroxylation is 1. The summed E-state index contributed by atoms with van der Waals surface area (Å²) in [5.74, 6) is -0.593. The van der Waals surface area contributed by atoms with Gasteiger partial charge in [0.1, 0.15) is 6.04 Å². The summed E-state index contributed by atoms with van der Waals surface area (Å²) >= 11 is 18.6. The minimum absolute atomic E-state index is 0.00103. The molecule has 0 spiro atoms. The molecule has 0 aliphatic rings. The van der Waals surface area contributed by atoms with Gasteiger partial charge in [0.15, 0.2) is 0 Å². The number of rotatable bonds is 12. The largest absolute Gasteiger partial charge is 0.350 e. The Morgan fingerprint density at radius 1 is 0.907 bits per heavy atom. The molecule has 0 aliphatic heterocycles. The van der Waals surface area contributed by atoms with E-state index in [2.05, 4.69) is 5.32 Å². The average Bonchev–Trinajstić information content (AvgIpc) is 2.91. The molecule has 3 aromatic carbocycles. The predicted octanol–water partition coefficient (Wildman–Crippen LogP) is 7.06. The van der Waals surface area contributed by atoms with Gasteiger partial charge in [0.05, 0.1) is 22.0 Å². The van der Waals surface area contributed by atoms with Gasteiger partial charge in [0.2, 0.25) is 21.8 Å². The third-order valence-corrected chi connectivity index (χ3v) is 8.85. The van der Waals surface area contributed by atoms with Crippen molar-refractivity contribution in [1.29, 1.82) is 0 Å². The summed E-state index contributed by atoms with van der Waals surface area (Å²) in [7, 11) is -3.67. The fourth-order valence-corrected chi connectivity index (χ4v) is 6.18. The molecule has 1 N–H and O–H groups in total. The molecule has 232 valence electrons. The topological polar surface area (TPSA) is 86.8 Å². The lowest BCUT2D eigenvalue weighted by Gasteiger charge is -2.34. The van der Waals surface area contributed by atoms with Gasteiger partial charge in [-0.25, -0.2) is 8.42 Å². The maximum Gasteiger partial charge on any atom is 0.243 e. The first-order valence-electron chi connectivity index (χ1n) is 13.9. The highest BCUT2D eigenvalue weighted by molar-refractivity contribution is 7.92. The van der Waals surface area contributed by atoms with E-state index in [1.54, 1.807) is 48.2 Å².